The van der Waals surface area contributed by atoms with Crippen molar-refractivity contribution in [1.82, 2.24) is 15.1 Å². The fraction of sp³-hybridized carbons (Fsp3) is 0.562. The van der Waals surface area contributed by atoms with Crippen molar-refractivity contribution in [2.45, 2.75) is 53.5 Å². The standard InChI is InChI=1S/C16H24N4O/c1-10-6-12(7-11(2)18-10)15-19-14(21-20-15)8-13(17)9-16(3,4)5/h6-7,13H,8-9,17H2,1-5H3. The summed E-state index contributed by atoms with van der Waals surface area (Å²) in [4.78, 5) is 8.80. The van der Waals surface area contributed by atoms with Crippen molar-refractivity contribution in [2.24, 2.45) is 11.1 Å². The van der Waals surface area contributed by atoms with Crippen LogP contribution in [0.25, 0.3) is 11.4 Å². The van der Waals surface area contributed by atoms with E-state index >= 15 is 0 Å². The lowest BCUT2D eigenvalue weighted by atomic mass is 9.87. The molecule has 0 spiro atoms. The fourth-order valence-electron chi connectivity index (χ4n) is 2.50. The second kappa shape index (κ2) is 5.93. The third-order valence-electron chi connectivity index (χ3n) is 3.12. The van der Waals surface area contributed by atoms with Crippen molar-refractivity contribution in [3.63, 3.8) is 0 Å². The average Bonchev–Trinajstić information content (AvgIpc) is 2.73. The Kier molecular flexibility index (Phi) is 4.42. The largest absolute Gasteiger partial charge is 0.339 e. The van der Waals surface area contributed by atoms with Gasteiger partial charge in [-0.3, -0.25) is 4.98 Å². The Morgan fingerprint density at radius 2 is 1.76 bits per heavy atom. The maximum atomic E-state index is 6.15. The minimum Gasteiger partial charge on any atom is -0.339 e. The predicted octanol–water partition coefficient (Wildman–Crippen LogP) is 3.05. The van der Waals surface area contributed by atoms with Gasteiger partial charge in [0.1, 0.15) is 0 Å². The van der Waals surface area contributed by atoms with Gasteiger partial charge in [-0.15, -0.1) is 0 Å². The molecule has 0 radical (unpaired) electrons. The molecule has 2 aromatic rings. The minimum atomic E-state index is 0.0270. The Balaban J connectivity index is 2.11. The van der Waals surface area contributed by atoms with Crippen LogP contribution in [0.4, 0.5) is 0 Å². The maximum Gasteiger partial charge on any atom is 0.228 e. The van der Waals surface area contributed by atoms with Crippen molar-refractivity contribution in [3.8, 4) is 11.4 Å². The first kappa shape index (κ1) is 15.6. The highest BCUT2D eigenvalue weighted by Gasteiger charge is 2.19. The average molecular weight is 288 g/mol. The van der Waals surface area contributed by atoms with Crippen LogP contribution in [0.15, 0.2) is 16.7 Å². The summed E-state index contributed by atoms with van der Waals surface area (Å²) in [7, 11) is 0. The van der Waals surface area contributed by atoms with Crippen LogP contribution in [-0.2, 0) is 6.42 Å². The Bertz CT molecular complexity index is 593. The summed E-state index contributed by atoms with van der Waals surface area (Å²) in [5.41, 5.74) is 9.17. The van der Waals surface area contributed by atoms with Crippen LogP contribution in [0.2, 0.25) is 0 Å². The molecule has 1 atom stereocenters. The molecule has 2 rings (SSSR count). The summed E-state index contributed by atoms with van der Waals surface area (Å²) in [6, 6.07) is 3.94. The molecular formula is C16H24N4O. The molecule has 2 N–H and O–H groups in total. The van der Waals surface area contributed by atoms with Crippen LogP contribution in [0.5, 0.6) is 0 Å². The molecule has 0 saturated carbocycles. The highest BCUT2D eigenvalue weighted by molar-refractivity contribution is 5.55. The Hall–Kier alpha value is -1.75. The van der Waals surface area contributed by atoms with Crippen LogP contribution in [-0.4, -0.2) is 21.2 Å². The second-order valence-electron chi connectivity index (χ2n) is 6.88. The third kappa shape index (κ3) is 4.63. The van der Waals surface area contributed by atoms with Gasteiger partial charge in [0.2, 0.25) is 11.7 Å². The summed E-state index contributed by atoms with van der Waals surface area (Å²) in [6.07, 6.45) is 1.52. The number of aromatic nitrogens is 3. The Labute approximate surface area is 126 Å². The molecule has 21 heavy (non-hydrogen) atoms. The van der Waals surface area contributed by atoms with Gasteiger partial charge >= 0.3 is 0 Å². The molecule has 1 unspecified atom stereocenters. The van der Waals surface area contributed by atoms with E-state index in [0.717, 1.165) is 23.4 Å². The topological polar surface area (TPSA) is 77.8 Å². The first-order chi connectivity index (χ1) is 9.73. The van der Waals surface area contributed by atoms with Crippen LogP contribution < -0.4 is 5.73 Å². The van der Waals surface area contributed by atoms with Gasteiger partial charge in [0.25, 0.3) is 0 Å². The Morgan fingerprint density at radius 1 is 1.14 bits per heavy atom. The number of aryl methyl sites for hydroxylation is 2. The lowest BCUT2D eigenvalue weighted by Gasteiger charge is -2.21. The second-order valence-corrected chi connectivity index (χ2v) is 6.88. The first-order valence-corrected chi connectivity index (χ1v) is 7.27. The zero-order valence-electron chi connectivity index (χ0n) is 13.5. The van der Waals surface area contributed by atoms with Gasteiger partial charge < -0.3 is 10.3 Å². The minimum absolute atomic E-state index is 0.0270. The van der Waals surface area contributed by atoms with E-state index in [4.69, 9.17) is 10.3 Å². The van der Waals surface area contributed by atoms with Crippen molar-refractivity contribution < 1.29 is 4.52 Å². The number of hydrogen-bond acceptors (Lipinski definition) is 5. The van der Waals surface area contributed by atoms with Crippen LogP contribution >= 0.6 is 0 Å². The van der Waals surface area contributed by atoms with Gasteiger partial charge in [-0.2, -0.15) is 4.98 Å². The van der Waals surface area contributed by atoms with Crippen molar-refractivity contribution in [3.05, 3.63) is 29.4 Å². The molecule has 0 fully saturated rings. The number of rotatable bonds is 4. The molecule has 5 heteroatoms. The van der Waals surface area contributed by atoms with E-state index in [2.05, 4.69) is 35.9 Å². The van der Waals surface area contributed by atoms with Gasteiger partial charge in [0, 0.05) is 29.4 Å². The molecule has 0 bridgehead atoms. The molecule has 2 heterocycles. The molecule has 114 valence electrons. The van der Waals surface area contributed by atoms with E-state index in [1.54, 1.807) is 0 Å². The summed E-state index contributed by atoms with van der Waals surface area (Å²) < 4.78 is 5.32. The van der Waals surface area contributed by atoms with E-state index in [1.165, 1.54) is 0 Å². The third-order valence-corrected chi connectivity index (χ3v) is 3.12. The van der Waals surface area contributed by atoms with E-state index in [1.807, 2.05) is 26.0 Å². The molecular weight excluding hydrogens is 264 g/mol. The normalized spacial score (nSPS) is 13.4. The predicted molar refractivity (Wildman–Crippen MR) is 82.8 cm³/mol. The smallest absolute Gasteiger partial charge is 0.228 e. The van der Waals surface area contributed by atoms with Gasteiger partial charge in [0.05, 0.1) is 0 Å². The molecule has 0 amide bonds. The zero-order chi connectivity index (χ0) is 15.6. The summed E-state index contributed by atoms with van der Waals surface area (Å²) in [5.74, 6) is 1.19. The monoisotopic (exact) mass is 288 g/mol. The van der Waals surface area contributed by atoms with E-state index in [9.17, 15) is 0 Å². The van der Waals surface area contributed by atoms with Crippen LogP contribution in [0, 0.1) is 19.3 Å². The maximum absolute atomic E-state index is 6.15. The lowest BCUT2D eigenvalue weighted by molar-refractivity contribution is 0.313. The van der Waals surface area contributed by atoms with Crippen LogP contribution in [0.3, 0.4) is 0 Å². The van der Waals surface area contributed by atoms with Crippen LogP contribution in [0.1, 0.15) is 44.5 Å². The molecule has 0 aliphatic carbocycles. The Morgan fingerprint density at radius 3 is 2.33 bits per heavy atom. The highest BCUT2D eigenvalue weighted by atomic mass is 16.5. The van der Waals surface area contributed by atoms with E-state index in [-0.39, 0.29) is 11.5 Å². The molecule has 2 aromatic heterocycles. The van der Waals surface area contributed by atoms with Gasteiger partial charge in [-0.25, -0.2) is 0 Å². The van der Waals surface area contributed by atoms with E-state index in [0.29, 0.717) is 18.1 Å². The van der Waals surface area contributed by atoms with E-state index < -0.39 is 0 Å². The summed E-state index contributed by atoms with van der Waals surface area (Å²) >= 11 is 0. The van der Waals surface area contributed by atoms with Crippen molar-refractivity contribution >= 4 is 0 Å². The van der Waals surface area contributed by atoms with Gasteiger partial charge in [-0.1, -0.05) is 25.9 Å². The number of nitrogens with zero attached hydrogens (tertiary/aromatic N) is 3. The SMILES string of the molecule is Cc1cc(-c2noc(CC(N)CC(C)(C)C)n2)cc(C)n1. The molecule has 0 aliphatic heterocycles. The lowest BCUT2D eigenvalue weighted by Crippen LogP contribution is -2.28. The highest BCUT2D eigenvalue weighted by Crippen LogP contribution is 2.22. The molecule has 0 aromatic carbocycles. The quantitative estimate of drug-likeness (QED) is 0.935. The number of hydrogen-bond donors (Lipinski definition) is 1. The fourth-order valence-corrected chi connectivity index (χ4v) is 2.50. The van der Waals surface area contributed by atoms with Crippen molar-refractivity contribution in [1.29, 1.82) is 0 Å². The summed E-state index contributed by atoms with van der Waals surface area (Å²) in [6.45, 7) is 10.4. The zero-order valence-corrected chi connectivity index (χ0v) is 13.5. The summed E-state index contributed by atoms with van der Waals surface area (Å²) in [5, 5.41) is 4.05. The molecule has 0 aliphatic rings. The van der Waals surface area contributed by atoms with Gasteiger partial charge in [-0.05, 0) is 37.8 Å². The number of pyridine rings is 1. The van der Waals surface area contributed by atoms with Crippen molar-refractivity contribution in [2.75, 3.05) is 0 Å². The molecule has 5 nitrogen and oxygen atoms in total. The first-order valence-electron chi connectivity index (χ1n) is 7.27. The molecule has 0 saturated heterocycles. The van der Waals surface area contributed by atoms with Gasteiger partial charge in [0.15, 0.2) is 0 Å². The number of nitrogens with two attached hydrogens (primary N) is 1.